The number of aliphatic hydroxyl groups is 1. The molecule has 2 aromatic carbocycles. The van der Waals surface area contributed by atoms with E-state index in [1.54, 1.807) is 13.8 Å². The van der Waals surface area contributed by atoms with Crippen LogP contribution < -0.4 is 10.6 Å². The van der Waals surface area contributed by atoms with Crippen LogP contribution in [0.15, 0.2) is 65.8 Å². The fourth-order valence-corrected chi connectivity index (χ4v) is 4.49. The van der Waals surface area contributed by atoms with Gasteiger partial charge in [0.25, 0.3) is 5.91 Å². The molecular weight excluding hydrogens is 457 g/mol. The number of alkyl halides is 1. The molecule has 3 N–H and O–H groups in total. The van der Waals surface area contributed by atoms with E-state index < -0.39 is 23.7 Å². The van der Waals surface area contributed by atoms with Gasteiger partial charge in [0.15, 0.2) is 0 Å². The second-order valence-electron chi connectivity index (χ2n) is 9.96. The Morgan fingerprint density at radius 2 is 1.86 bits per heavy atom. The van der Waals surface area contributed by atoms with Crippen LogP contribution in [-0.4, -0.2) is 57.7 Å². The summed E-state index contributed by atoms with van der Waals surface area (Å²) >= 11 is 0. The molecule has 7 nitrogen and oxygen atoms in total. The van der Waals surface area contributed by atoms with Gasteiger partial charge in [0.1, 0.15) is 11.4 Å². The number of rotatable bonds is 11. The van der Waals surface area contributed by atoms with Gasteiger partial charge in [-0.2, -0.15) is 0 Å². The van der Waals surface area contributed by atoms with Crippen LogP contribution in [0.3, 0.4) is 0 Å². The molecule has 0 aliphatic carbocycles. The second kappa shape index (κ2) is 11.6. The Kier molecular flexibility index (Phi) is 8.25. The van der Waals surface area contributed by atoms with E-state index in [0.29, 0.717) is 43.3 Å². The molecule has 0 spiro atoms. The highest BCUT2D eigenvalue weighted by atomic mass is 19.1. The lowest BCUT2D eigenvalue weighted by Gasteiger charge is -2.29. The summed E-state index contributed by atoms with van der Waals surface area (Å²) in [7, 11) is 0. The highest BCUT2D eigenvalue weighted by molar-refractivity contribution is 5.94. The van der Waals surface area contributed by atoms with E-state index >= 15 is 0 Å². The summed E-state index contributed by atoms with van der Waals surface area (Å²) in [6.07, 6.45) is 2.27. The number of nitrogens with one attached hydrogen (secondary N) is 2. The summed E-state index contributed by atoms with van der Waals surface area (Å²) < 4.78 is 14.3. The fourth-order valence-electron chi connectivity index (χ4n) is 4.49. The van der Waals surface area contributed by atoms with Gasteiger partial charge in [-0.05, 0) is 57.2 Å². The Morgan fingerprint density at radius 1 is 1.14 bits per heavy atom. The molecule has 1 aliphatic heterocycles. The number of aliphatic hydroxyl groups excluding tert-OH is 1. The predicted octanol–water partition coefficient (Wildman–Crippen LogP) is 3.87. The lowest BCUT2D eigenvalue weighted by Crippen LogP contribution is -2.46. The van der Waals surface area contributed by atoms with Crippen molar-refractivity contribution in [3.63, 3.8) is 0 Å². The molecule has 0 bridgehead atoms. The molecule has 3 unspecified atom stereocenters. The average Bonchev–Trinajstić information content (AvgIpc) is 3.40. The molecule has 0 saturated carbocycles. The monoisotopic (exact) mass is 491 g/mol. The van der Waals surface area contributed by atoms with E-state index in [4.69, 9.17) is 0 Å². The summed E-state index contributed by atoms with van der Waals surface area (Å²) in [5.41, 5.74) is 1.21. The summed E-state index contributed by atoms with van der Waals surface area (Å²) in [6, 6.07) is 16.5. The van der Waals surface area contributed by atoms with Crippen LogP contribution in [0.2, 0.25) is 0 Å². The first-order chi connectivity index (χ1) is 17.3. The molecule has 3 aromatic rings. The second-order valence-corrected chi connectivity index (χ2v) is 9.96. The van der Waals surface area contributed by atoms with Crippen LogP contribution in [0.5, 0.6) is 0 Å². The van der Waals surface area contributed by atoms with Crippen molar-refractivity contribution >= 4 is 22.8 Å². The number of para-hydroxylation sites is 2. The van der Waals surface area contributed by atoms with E-state index in [1.807, 2.05) is 54.6 Å². The van der Waals surface area contributed by atoms with Crippen molar-refractivity contribution in [2.45, 2.75) is 57.3 Å². The zero-order chi connectivity index (χ0) is 25.5. The van der Waals surface area contributed by atoms with Crippen LogP contribution in [0.25, 0.3) is 11.0 Å². The Bertz CT molecular complexity index is 1200. The van der Waals surface area contributed by atoms with E-state index in [9.17, 15) is 14.3 Å². The zero-order valence-electron chi connectivity index (χ0n) is 20.8. The van der Waals surface area contributed by atoms with Crippen LogP contribution in [0.4, 0.5) is 4.39 Å². The van der Waals surface area contributed by atoms with Gasteiger partial charge >= 0.3 is 0 Å². The van der Waals surface area contributed by atoms with E-state index in [1.165, 1.54) is 6.20 Å². The van der Waals surface area contributed by atoms with Crippen LogP contribution in [0.1, 0.15) is 49.2 Å². The topological polar surface area (TPSA) is 99.5 Å². The van der Waals surface area contributed by atoms with E-state index in [-0.39, 0.29) is 11.6 Å². The molecule has 1 aromatic heterocycles. The van der Waals surface area contributed by atoms with Crippen LogP contribution in [-0.2, 0) is 6.42 Å². The Labute approximate surface area is 211 Å². The first kappa shape index (κ1) is 25.7. The lowest BCUT2D eigenvalue weighted by atomic mass is 9.87. The van der Waals surface area contributed by atoms with Gasteiger partial charge in [0.05, 0.1) is 41.8 Å². The third-order valence-corrected chi connectivity index (χ3v) is 6.46. The number of aromatic nitrogens is 2. The zero-order valence-corrected chi connectivity index (χ0v) is 20.8. The van der Waals surface area contributed by atoms with Crippen molar-refractivity contribution in [3.05, 3.63) is 72.1 Å². The molecule has 3 atom stereocenters. The first-order valence-corrected chi connectivity index (χ1v) is 12.5. The number of amidine groups is 1. The number of hydrogen-bond acceptors (Lipinski definition) is 6. The molecule has 1 amide bonds. The third-order valence-electron chi connectivity index (χ3n) is 6.46. The normalized spacial score (nSPS) is 16.2. The lowest BCUT2D eigenvalue weighted by molar-refractivity contribution is 0.0774. The molecule has 36 heavy (non-hydrogen) atoms. The number of aliphatic imine (C=N–C) groups is 1. The molecule has 2 heterocycles. The molecule has 8 heteroatoms. The minimum atomic E-state index is -1.31. The Balaban J connectivity index is 1.53. The van der Waals surface area contributed by atoms with E-state index in [2.05, 4.69) is 25.6 Å². The number of nitrogens with zero attached hydrogens (tertiary/aromatic N) is 3. The molecule has 190 valence electrons. The SMILES string of the molecule is CC(C)(F)CCC(CC(O)C(Cc1ccccc1)NC(=O)c1cnc2ccccc2n1)C1=NCCN1. The third kappa shape index (κ3) is 7.07. The predicted molar refractivity (Wildman–Crippen MR) is 140 cm³/mol. The summed E-state index contributed by atoms with van der Waals surface area (Å²) in [6.45, 7) is 4.54. The fraction of sp³-hybridized carbons (Fsp3) is 0.429. The quantitative estimate of drug-likeness (QED) is 0.378. The number of amides is 1. The van der Waals surface area contributed by atoms with Crippen molar-refractivity contribution in [1.82, 2.24) is 20.6 Å². The smallest absolute Gasteiger partial charge is 0.271 e. The molecule has 0 saturated heterocycles. The van der Waals surface area contributed by atoms with Gasteiger partial charge in [-0.15, -0.1) is 0 Å². The van der Waals surface area contributed by atoms with Gasteiger partial charge in [-0.3, -0.25) is 14.8 Å². The van der Waals surface area contributed by atoms with Gasteiger partial charge in [0, 0.05) is 12.5 Å². The maximum absolute atomic E-state index is 14.3. The maximum Gasteiger partial charge on any atom is 0.271 e. The van der Waals surface area contributed by atoms with Crippen LogP contribution in [0, 0.1) is 5.92 Å². The molecule has 0 radical (unpaired) electrons. The van der Waals surface area contributed by atoms with Crippen molar-refractivity contribution in [2.75, 3.05) is 13.1 Å². The van der Waals surface area contributed by atoms with Gasteiger partial charge in [0.2, 0.25) is 0 Å². The maximum atomic E-state index is 14.3. The number of hydrogen-bond donors (Lipinski definition) is 3. The minimum absolute atomic E-state index is 0.131. The Morgan fingerprint density at radius 3 is 2.56 bits per heavy atom. The Hall–Kier alpha value is -3.39. The van der Waals surface area contributed by atoms with Crippen molar-refractivity contribution in [1.29, 1.82) is 0 Å². The summed E-state index contributed by atoms with van der Waals surface area (Å²) in [5, 5.41) is 17.6. The first-order valence-electron chi connectivity index (χ1n) is 12.5. The number of carbonyl (C=O) groups excluding carboxylic acids is 1. The summed E-state index contributed by atoms with van der Waals surface area (Å²) in [4.78, 5) is 26.5. The average molecular weight is 492 g/mol. The van der Waals surface area contributed by atoms with Gasteiger partial charge < -0.3 is 15.7 Å². The number of halogens is 1. The molecule has 4 rings (SSSR count). The molecule has 0 fully saturated rings. The largest absolute Gasteiger partial charge is 0.391 e. The van der Waals surface area contributed by atoms with Crippen molar-refractivity contribution < 1.29 is 14.3 Å². The van der Waals surface area contributed by atoms with Crippen LogP contribution >= 0.6 is 0 Å². The van der Waals surface area contributed by atoms with Gasteiger partial charge in [-0.1, -0.05) is 42.5 Å². The number of fused-ring (bicyclic) bond motifs is 1. The summed E-state index contributed by atoms with van der Waals surface area (Å²) in [5.74, 6) is 0.280. The highest BCUT2D eigenvalue weighted by Gasteiger charge is 2.30. The molecule has 1 aliphatic rings. The van der Waals surface area contributed by atoms with Crippen molar-refractivity contribution in [3.8, 4) is 0 Å². The van der Waals surface area contributed by atoms with E-state index in [0.717, 1.165) is 17.9 Å². The highest BCUT2D eigenvalue weighted by Crippen LogP contribution is 2.25. The van der Waals surface area contributed by atoms with Crippen molar-refractivity contribution in [2.24, 2.45) is 10.9 Å². The minimum Gasteiger partial charge on any atom is -0.391 e. The number of benzene rings is 2. The van der Waals surface area contributed by atoms with Gasteiger partial charge in [-0.25, -0.2) is 9.37 Å². The number of carbonyl (C=O) groups is 1. The standard InChI is InChI=1S/C28H34FN5O2/c1-28(2,29)13-12-20(26-30-14-15-31-26)17-25(35)23(16-19-8-4-3-5-9-19)34-27(36)24-18-32-21-10-6-7-11-22(21)33-24/h3-11,18,20,23,25,35H,12-17H2,1-2H3,(H,30,31)(H,34,36). The molecular formula is C28H34FN5O2.